The van der Waals surface area contributed by atoms with E-state index in [2.05, 4.69) is 28.3 Å². The summed E-state index contributed by atoms with van der Waals surface area (Å²) in [5.74, 6) is 0.812. The smallest absolute Gasteiger partial charge is 0.126 e. The number of pyridine rings is 2. The average Bonchev–Trinajstić information content (AvgIpc) is 2.38. The lowest BCUT2D eigenvalue weighted by molar-refractivity contribution is 0.965. The number of nitrogen functional groups attached to an aromatic ring is 1. The zero-order valence-electron chi connectivity index (χ0n) is 9.85. The summed E-state index contributed by atoms with van der Waals surface area (Å²) in [6.45, 7) is 2.81. The normalized spacial score (nSPS) is 10.2. The maximum Gasteiger partial charge on any atom is 0.126 e. The van der Waals surface area contributed by atoms with Crippen LogP contribution in [-0.2, 0) is 13.0 Å². The van der Waals surface area contributed by atoms with E-state index >= 15 is 0 Å². The van der Waals surface area contributed by atoms with Gasteiger partial charge in [-0.05, 0) is 30.2 Å². The molecule has 0 saturated carbocycles. The third-order valence-electron chi connectivity index (χ3n) is 2.59. The Bertz CT molecular complexity index is 479. The SMILES string of the molecule is CCc1cccnc1CNc1ccc(N)cn1. The number of nitrogens with zero attached hydrogens (tertiary/aromatic N) is 2. The van der Waals surface area contributed by atoms with Crippen molar-refractivity contribution >= 4 is 11.5 Å². The van der Waals surface area contributed by atoms with Crippen LogP contribution in [0.1, 0.15) is 18.2 Å². The molecule has 0 spiro atoms. The molecule has 0 aromatic carbocycles. The van der Waals surface area contributed by atoms with Crippen LogP contribution in [0.5, 0.6) is 0 Å². The Morgan fingerprint density at radius 2 is 2.12 bits per heavy atom. The van der Waals surface area contributed by atoms with Gasteiger partial charge in [0, 0.05) is 6.20 Å². The fourth-order valence-corrected chi connectivity index (χ4v) is 1.64. The van der Waals surface area contributed by atoms with Gasteiger partial charge in [-0.15, -0.1) is 0 Å². The Labute approximate surface area is 101 Å². The molecule has 0 fully saturated rings. The van der Waals surface area contributed by atoms with Crippen LogP contribution in [-0.4, -0.2) is 9.97 Å². The molecule has 88 valence electrons. The van der Waals surface area contributed by atoms with E-state index in [4.69, 9.17) is 5.73 Å². The first-order valence-electron chi connectivity index (χ1n) is 5.67. The zero-order valence-corrected chi connectivity index (χ0v) is 9.85. The van der Waals surface area contributed by atoms with Crippen molar-refractivity contribution in [3.63, 3.8) is 0 Å². The van der Waals surface area contributed by atoms with Gasteiger partial charge in [-0.3, -0.25) is 4.98 Å². The van der Waals surface area contributed by atoms with Crippen molar-refractivity contribution in [3.8, 4) is 0 Å². The second-order valence-corrected chi connectivity index (χ2v) is 3.79. The predicted molar refractivity (Wildman–Crippen MR) is 69.6 cm³/mol. The molecule has 0 bridgehead atoms. The fraction of sp³-hybridized carbons (Fsp3) is 0.231. The van der Waals surface area contributed by atoms with E-state index in [9.17, 15) is 0 Å². The maximum absolute atomic E-state index is 5.58. The molecule has 2 heterocycles. The lowest BCUT2D eigenvalue weighted by Gasteiger charge is -2.08. The second kappa shape index (κ2) is 5.30. The molecular weight excluding hydrogens is 212 g/mol. The highest BCUT2D eigenvalue weighted by molar-refractivity contribution is 5.44. The minimum Gasteiger partial charge on any atom is -0.397 e. The minimum atomic E-state index is 0.669. The second-order valence-electron chi connectivity index (χ2n) is 3.79. The molecule has 0 saturated heterocycles. The standard InChI is InChI=1S/C13H16N4/c1-2-10-4-3-7-15-12(10)9-17-13-6-5-11(14)8-16-13/h3-8H,2,9,14H2,1H3,(H,16,17). The first kappa shape index (κ1) is 11.4. The number of hydrogen-bond donors (Lipinski definition) is 2. The first-order valence-corrected chi connectivity index (χ1v) is 5.67. The molecule has 4 nitrogen and oxygen atoms in total. The van der Waals surface area contributed by atoms with Gasteiger partial charge in [-0.25, -0.2) is 4.98 Å². The number of anilines is 2. The van der Waals surface area contributed by atoms with E-state index in [1.165, 1.54) is 5.56 Å². The number of aryl methyl sites for hydroxylation is 1. The monoisotopic (exact) mass is 228 g/mol. The summed E-state index contributed by atoms with van der Waals surface area (Å²) in [5, 5.41) is 3.23. The first-order chi connectivity index (χ1) is 8.29. The van der Waals surface area contributed by atoms with Gasteiger partial charge < -0.3 is 11.1 Å². The highest BCUT2D eigenvalue weighted by atomic mass is 15.0. The fourth-order valence-electron chi connectivity index (χ4n) is 1.64. The van der Waals surface area contributed by atoms with Gasteiger partial charge in [0.2, 0.25) is 0 Å². The van der Waals surface area contributed by atoms with Crippen LogP contribution in [0, 0.1) is 0 Å². The largest absolute Gasteiger partial charge is 0.397 e. The summed E-state index contributed by atoms with van der Waals surface area (Å²) in [7, 11) is 0. The van der Waals surface area contributed by atoms with E-state index in [1.807, 2.05) is 24.4 Å². The number of hydrogen-bond acceptors (Lipinski definition) is 4. The molecule has 4 heteroatoms. The van der Waals surface area contributed by atoms with Gasteiger partial charge in [-0.1, -0.05) is 13.0 Å². The number of nitrogens with two attached hydrogens (primary N) is 1. The van der Waals surface area contributed by atoms with Crippen LogP contribution in [0.2, 0.25) is 0 Å². The van der Waals surface area contributed by atoms with Crippen molar-refractivity contribution in [1.29, 1.82) is 0 Å². The lowest BCUT2D eigenvalue weighted by atomic mass is 10.1. The summed E-state index contributed by atoms with van der Waals surface area (Å²) in [6, 6.07) is 7.75. The topological polar surface area (TPSA) is 63.8 Å². The van der Waals surface area contributed by atoms with Crippen molar-refractivity contribution in [1.82, 2.24) is 9.97 Å². The number of aromatic nitrogens is 2. The summed E-state index contributed by atoms with van der Waals surface area (Å²) in [6.07, 6.45) is 4.44. The Balaban J connectivity index is 2.04. The van der Waals surface area contributed by atoms with Crippen LogP contribution in [0.15, 0.2) is 36.7 Å². The third kappa shape index (κ3) is 2.93. The van der Waals surface area contributed by atoms with Gasteiger partial charge >= 0.3 is 0 Å². The maximum atomic E-state index is 5.58. The molecule has 0 unspecified atom stereocenters. The number of rotatable bonds is 4. The van der Waals surface area contributed by atoms with Gasteiger partial charge in [0.15, 0.2) is 0 Å². The Morgan fingerprint density at radius 3 is 2.82 bits per heavy atom. The molecule has 0 aliphatic rings. The predicted octanol–water partition coefficient (Wildman–Crippen LogP) is 2.23. The van der Waals surface area contributed by atoms with E-state index < -0.39 is 0 Å². The third-order valence-corrected chi connectivity index (χ3v) is 2.59. The molecule has 0 radical (unpaired) electrons. The average molecular weight is 228 g/mol. The van der Waals surface area contributed by atoms with Crippen molar-refractivity contribution in [3.05, 3.63) is 47.9 Å². The van der Waals surface area contributed by atoms with Crippen LogP contribution in [0.3, 0.4) is 0 Å². The molecule has 0 amide bonds. The van der Waals surface area contributed by atoms with E-state index in [-0.39, 0.29) is 0 Å². The van der Waals surface area contributed by atoms with Crippen molar-refractivity contribution in [2.24, 2.45) is 0 Å². The molecule has 3 N–H and O–H groups in total. The summed E-state index contributed by atoms with van der Waals surface area (Å²) < 4.78 is 0. The highest BCUT2D eigenvalue weighted by Gasteiger charge is 2.01. The summed E-state index contributed by atoms with van der Waals surface area (Å²) in [4.78, 5) is 8.55. The Morgan fingerprint density at radius 1 is 1.24 bits per heavy atom. The molecule has 2 aromatic rings. The van der Waals surface area contributed by atoms with Crippen LogP contribution < -0.4 is 11.1 Å². The van der Waals surface area contributed by atoms with Gasteiger partial charge in [0.05, 0.1) is 24.1 Å². The van der Waals surface area contributed by atoms with Crippen molar-refractivity contribution in [2.45, 2.75) is 19.9 Å². The van der Waals surface area contributed by atoms with Crippen LogP contribution in [0.25, 0.3) is 0 Å². The lowest BCUT2D eigenvalue weighted by Crippen LogP contribution is -2.06. The van der Waals surface area contributed by atoms with Gasteiger partial charge in [0.25, 0.3) is 0 Å². The van der Waals surface area contributed by atoms with E-state index in [0.29, 0.717) is 12.2 Å². The zero-order chi connectivity index (χ0) is 12.1. The molecule has 2 aromatic heterocycles. The molecular formula is C13H16N4. The summed E-state index contributed by atoms with van der Waals surface area (Å²) in [5.41, 5.74) is 8.57. The molecule has 17 heavy (non-hydrogen) atoms. The van der Waals surface area contributed by atoms with Crippen molar-refractivity contribution < 1.29 is 0 Å². The molecule has 2 rings (SSSR count). The van der Waals surface area contributed by atoms with Crippen LogP contribution in [0.4, 0.5) is 11.5 Å². The molecule has 0 aliphatic carbocycles. The van der Waals surface area contributed by atoms with Crippen LogP contribution >= 0.6 is 0 Å². The summed E-state index contributed by atoms with van der Waals surface area (Å²) >= 11 is 0. The Hall–Kier alpha value is -2.10. The highest BCUT2D eigenvalue weighted by Crippen LogP contribution is 2.10. The minimum absolute atomic E-state index is 0.669. The van der Waals surface area contributed by atoms with E-state index in [0.717, 1.165) is 17.9 Å². The van der Waals surface area contributed by atoms with E-state index in [1.54, 1.807) is 6.20 Å². The molecule has 0 atom stereocenters. The van der Waals surface area contributed by atoms with Gasteiger partial charge in [0.1, 0.15) is 5.82 Å². The van der Waals surface area contributed by atoms with Gasteiger partial charge in [-0.2, -0.15) is 0 Å². The Kier molecular flexibility index (Phi) is 3.55. The quantitative estimate of drug-likeness (QED) is 0.842. The number of nitrogens with one attached hydrogen (secondary N) is 1. The van der Waals surface area contributed by atoms with Crippen molar-refractivity contribution in [2.75, 3.05) is 11.1 Å². The molecule has 0 aliphatic heterocycles.